The first kappa shape index (κ1) is 16.5. The molecule has 4 saturated carbocycles. The highest BCUT2D eigenvalue weighted by Gasteiger charge is 2.60. The Morgan fingerprint density at radius 2 is 1.92 bits per heavy atom. The van der Waals surface area contributed by atoms with Crippen LogP contribution in [0.1, 0.15) is 51.4 Å². The fourth-order valence-corrected chi connectivity index (χ4v) is 6.59. The Morgan fingerprint density at radius 1 is 1.19 bits per heavy atom. The Kier molecular flexibility index (Phi) is 3.78. The van der Waals surface area contributed by atoms with Gasteiger partial charge >= 0.3 is 0 Å². The van der Waals surface area contributed by atoms with Crippen LogP contribution in [0.2, 0.25) is 0 Å². The molecule has 4 atom stereocenters. The normalized spacial score (nSPS) is 39.2. The van der Waals surface area contributed by atoms with E-state index in [1.807, 2.05) is 12.1 Å². The highest BCUT2D eigenvalue weighted by Crippen LogP contribution is 2.62. The van der Waals surface area contributed by atoms with Crippen molar-refractivity contribution in [3.63, 3.8) is 0 Å². The van der Waals surface area contributed by atoms with E-state index in [-0.39, 0.29) is 11.5 Å². The lowest BCUT2D eigenvalue weighted by atomic mass is 9.47. The molecule has 6 rings (SSSR count). The first-order valence-electron chi connectivity index (χ1n) is 10.1. The number of hydrogen-bond acceptors (Lipinski definition) is 4. The van der Waals surface area contributed by atoms with E-state index in [0.717, 1.165) is 57.4 Å². The lowest BCUT2D eigenvalue weighted by Crippen LogP contribution is -2.61. The van der Waals surface area contributed by atoms with E-state index in [1.165, 1.54) is 6.42 Å². The third kappa shape index (κ3) is 2.81. The molecule has 4 bridgehead atoms. The summed E-state index contributed by atoms with van der Waals surface area (Å²) >= 11 is 0. The first-order valence-corrected chi connectivity index (χ1v) is 10.1. The number of carbonyl (C=O) groups is 1. The molecule has 2 heterocycles. The highest BCUT2D eigenvalue weighted by atomic mass is 16.5. The Balaban J connectivity index is 1.24. The maximum absolute atomic E-state index is 13.4. The number of nitrogens with zero attached hydrogens (tertiary/aromatic N) is 2. The lowest BCUT2D eigenvalue weighted by Gasteiger charge is -2.60. The van der Waals surface area contributed by atoms with Gasteiger partial charge in [-0.15, -0.1) is 0 Å². The van der Waals surface area contributed by atoms with Crippen molar-refractivity contribution in [3.05, 3.63) is 24.5 Å². The largest absolute Gasteiger partial charge is 0.489 e. The summed E-state index contributed by atoms with van der Waals surface area (Å²) in [5.41, 5.74) is -0.850. The fraction of sp³-hybridized carbons (Fsp3) is 0.714. The summed E-state index contributed by atoms with van der Waals surface area (Å²) in [7, 11) is 0. The van der Waals surface area contributed by atoms with E-state index in [0.29, 0.717) is 24.2 Å². The Hall–Kier alpha value is -1.62. The second kappa shape index (κ2) is 5.95. The highest BCUT2D eigenvalue weighted by molar-refractivity contribution is 5.83. The van der Waals surface area contributed by atoms with E-state index in [1.54, 1.807) is 12.4 Å². The minimum absolute atomic E-state index is 0.156. The number of piperidine rings is 1. The van der Waals surface area contributed by atoms with Crippen molar-refractivity contribution >= 4 is 5.91 Å². The zero-order valence-electron chi connectivity index (χ0n) is 15.3. The minimum Gasteiger partial charge on any atom is -0.489 e. The van der Waals surface area contributed by atoms with Crippen molar-refractivity contribution in [1.82, 2.24) is 9.88 Å². The van der Waals surface area contributed by atoms with Crippen LogP contribution in [0.25, 0.3) is 0 Å². The Bertz CT molecular complexity index is 670. The van der Waals surface area contributed by atoms with Gasteiger partial charge in [-0.25, -0.2) is 0 Å². The van der Waals surface area contributed by atoms with Crippen molar-refractivity contribution in [1.29, 1.82) is 0 Å². The molecule has 2 unspecified atom stereocenters. The van der Waals surface area contributed by atoms with Crippen LogP contribution in [-0.4, -0.2) is 45.7 Å². The van der Waals surface area contributed by atoms with E-state index in [2.05, 4.69) is 9.88 Å². The van der Waals surface area contributed by atoms with Gasteiger partial charge in [0.05, 0.1) is 17.2 Å². The molecular formula is C21H28N2O3. The number of aliphatic hydroxyl groups is 1. The van der Waals surface area contributed by atoms with Crippen molar-refractivity contribution in [3.8, 4) is 5.75 Å². The SMILES string of the molecule is O=C(N1CCC(Oc2cccnc2)CC1)C12C[C@@H]3C[C@@H](CC(O)(C3)C1)C2. The number of pyridine rings is 1. The van der Waals surface area contributed by atoms with Gasteiger partial charge in [0.1, 0.15) is 11.9 Å². The van der Waals surface area contributed by atoms with Crippen molar-refractivity contribution < 1.29 is 14.6 Å². The number of carbonyl (C=O) groups excluding carboxylic acids is 1. The van der Waals surface area contributed by atoms with E-state index in [4.69, 9.17) is 4.74 Å². The molecule has 0 aromatic carbocycles. The molecule has 5 nitrogen and oxygen atoms in total. The number of amides is 1. The summed E-state index contributed by atoms with van der Waals surface area (Å²) in [5.74, 6) is 2.22. The molecule has 1 aliphatic heterocycles. The van der Waals surface area contributed by atoms with Gasteiger partial charge in [0.25, 0.3) is 0 Å². The average molecular weight is 356 g/mol. The molecular weight excluding hydrogens is 328 g/mol. The second-order valence-corrected chi connectivity index (χ2v) is 9.26. The molecule has 5 fully saturated rings. The summed E-state index contributed by atoms with van der Waals surface area (Å²) in [5, 5.41) is 10.9. The number of likely N-dealkylation sites (tertiary alicyclic amines) is 1. The monoisotopic (exact) mass is 356 g/mol. The maximum Gasteiger partial charge on any atom is 0.228 e. The quantitative estimate of drug-likeness (QED) is 0.905. The van der Waals surface area contributed by atoms with Crippen molar-refractivity contribution in [2.45, 2.75) is 63.1 Å². The first-order chi connectivity index (χ1) is 12.5. The molecule has 1 aromatic heterocycles. The molecule has 26 heavy (non-hydrogen) atoms. The number of hydrogen-bond donors (Lipinski definition) is 1. The van der Waals surface area contributed by atoms with Gasteiger partial charge in [-0.3, -0.25) is 9.78 Å². The topological polar surface area (TPSA) is 62.7 Å². The van der Waals surface area contributed by atoms with Gasteiger partial charge in [-0.1, -0.05) is 0 Å². The molecule has 1 amide bonds. The van der Waals surface area contributed by atoms with Gasteiger partial charge in [0.15, 0.2) is 0 Å². The van der Waals surface area contributed by atoms with E-state index < -0.39 is 5.60 Å². The molecule has 5 aliphatic rings. The van der Waals surface area contributed by atoms with Crippen LogP contribution >= 0.6 is 0 Å². The number of rotatable bonds is 3. The molecule has 1 aromatic rings. The predicted molar refractivity (Wildman–Crippen MR) is 96.5 cm³/mol. The number of ether oxygens (including phenoxy) is 1. The van der Waals surface area contributed by atoms with Crippen LogP contribution in [0, 0.1) is 17.3 Å². The number of aromatic nitrogens is 1. The Labute approximate surface area is 154 Å². The van der Waals surface area contributed by atoms with Crippen molar-refractivity contribution in [2.75, 3.05) is 13.1 Å². The zero-order chi connectivity index (χ0) is 17.8. The summed E-state index contributed by atoms with van der Waals surface area (Å²) in [6.07, 6.45) is 11.1. The predicted octanol–water partition coefficient (Wildman–Crippen LogP) is 2.78. The molecule has 4 aliphatic carbocycles. The maximum atomic E-state index is 13.4. The van der Waals surface area contributed by atoms with Crippen LogP contribution in [0.5, 0.6) is 5.75 Å². The molecule has 0 radical (unpaired) electrons. The van der Waals surface area contributed by atoms with Crippen LogP contribution in [0.4, 0.5) is 0 Å². The molecule has 140 valence electrons. The van der Waals surface area contributed by atoms with Crippen molar-refractivity contribution in [2.24, 2.45) is 17.3 Å². The third-order valence-corrected chi connectivity index (χ3v) is 7.15. The summed E-state index contributed by atoms with van der Waals surface area (Å²) in [4.78, 5) is 19.6. The van der Waals surface area contributed by atoms with Crippen LogP contribution in [0.15, 0.2) is 24.5 Å². The van der Waals surface area contributed by atoms with E-state index in [9.17, 15) is 9.90 Å². The summed E-state index contributed by atoms with van der Waals surface area (Å²) in [6.45, 7) is 1.53. The van der Waals surface area contributed by atoms with E-state index >= 15 is 0 Å². The van der Waals surface area contributed by atoms with Gasteiger partial charge in [0.2, 0.25) is 5.91 Å². The van der Waals surface area contributed by atoms with Gasteiger partial charge in [0, 0.05) is 32.1 Å². The van der Waals surface area contributed by atoms with Gasteiger partial charge in [-0.2, -0.15) is 0 Å². The standard InChI is InChI=1S/C21H28N2O3/c24-19(20-9-15-8-16(10-20)12-21(25,11-15)14-20)23-6-3-17(4-7-23)26-18-2-1-5-22-13-18/h1-2,5,13,15-17,25H,3-4,6-12,14H2/t15-,16+,20?,21?. The Morgan fingerprint density at radius 3 is 2.54 bits per heavy atom. The van der Waals surface area contributed by atoms with Crippen LogP contribution < -0.4 is 4.74 Å². The van der Waals surface area contributed by atoms with Gasteiger partial charge in [-0.05, 0) is 62.5 Å². The molecule has 5 heteroatoms. The zero-order valence-corrected chi connectivity index (χ0v) is 15.3. The second-order valence-electron chi connectivity index (χ2n) is 9.26. The fourth-order valence-electron chi connectivity index (χ4n) is 6.59. The lowest BCUT2D eigenvalue weighted by molar-refractivity contribution is -0.187. The minimum atomic E-state index is -0.568. The van der Waals surface area contributed by atoms with Crippen LogP contribution in [0.3, 0.4) is 0 Å². The summed E-state index contributed by atoms with van der Waals surface area (Å²) in [6, 6.07) is 3.81. The molecule has 1 N–H and O–H groups in total. The molecule has 1 saturated heterocycles. The summed E-state index contributed by atoms with van der Waals surface area (Å²) < 4.78 is 6.01. The van der Waals surface area contributed by atoms with Crippen LogP contribution in [-0.2, 0) is 4.79 Å². The molecule has 0 spiro atoms. The average Bonchev–Trinajstić information content (AvgIpc) is 2.60. The smallest absolute Gasteiger partial charge is 0.228 e. The van der Waals surface area contributed by atoms with Gasteiger partial charge < -0.3 is 14.7 Å². The third-order valence-electron chi connectivity index (χ3n) is 7.15.